The van der Waals surface area contributed by atoms with Crippen LogP contribution < -0.4 is 14.8 Å². The number of nitrogens with zero attached hydrogens (tertiary/aromatic N) is 2. The second kappa shape index (κ2) is 10.2. The fraction of sp³-hybridized carbons (Fsp3) is 0.360. The van der Waals surface area contributed by atoms with Gasteiger partial charge in [0.25, 0.3) is 0 Å². The van der Waals surface area contributed by atoms with E-state index in [1.807, 2.05) is 74.0 Å². The van der Waals surface area contributed by atoms with E-state index in [0.717, 1.165) is 40.4 Å². The van der Waals surface area contributed by atoms with Gasteiger partial charge in [-0.05, 0) is 69.5 Å². The van der Waals surface area contributed by atoms with E-state index in [0.29, 0.717) is 18.7 Å². The molecule has 6 nitrogen and oxygen atoms in total. The van der Waals surface area contributed by atoms with Crippen LogP contribution in [0, 0.1) is 6.92 Å². The number of benzene rings is 2. The van der Waals surface area contributed by atoms with Gasteiger partial charge in [0.05, 0.1) is 18.5 Å². The standard InChI is InChI=1S/C25H31N3O3/c1-6-22-21(15-16-24(29)26-17(2)3)25(31-23-10-8-7-9-18(23)4)28(27-22)19-11-13-20(30-5)14-12-19/h7-14,17H,6,15-16H2,1-5H3,(H,26,29). The van der Waals surface area contributed by atoms with E-state index < -0.39 is 0 Å². The van der Waals surface area contributed by atoms with E-state index in [-0.39, 0.29) is 11.9 Å². The number of amides is 1. The zero-order valence-corrected chi connectivity index (χ0v) is 18.9. The summed E-state index contributed by atoms with van der Waals surface area (Å²) in [5, 5.41) is 7.80. The van der Waals surface area contributed by atoms with Crippen molar-refractivity contribution >= 4 is 5.91 Å². The molecule has 31 heavy (non-hydrogen) atoms. The maximum absolute atomic E-state index is 12.3. The molecular formula is C25H31N3O3. The van der Waals surface area contributed by atoms with E-state index in [1.165, 1.54) is 0 Å². The molecule has 1 aromatic heterocycles. The molecule has 0 aliphatic carbocycles. The molecule has 0 bridgehead atoms. The molecule has 3 rings (SSSR count). The normalized spacial score (nSPS) is 10.9. The minimum atomic E-state index is 0.0242. The van der Waals surface area contributed by atoms with Crippen molar-refractivity contribution in [3.63, 3.8) is 0 Å². The third kappa shape index (κ3) is 5.45. The lowest BCUT2D eigenvalue weighted by Crippen LogP contribution is -2.30. The van der Waals surface area contributed by atoms with Crippen LogP contribution in [0.2, 0.25) is 0 Å². The number of hydrogen-bond acceptors (Lipinski definition) is 4. The summed E-state index contributed by atoms with van der Waals surface area (Å²) >= 11 is 0. The molecule has 0 saturated heterocycles. The molecule has 2 aromatic carbocycles. The zero-order valence-electron chi connectivity index (χ0n) is 18.9. The Kier molecular flexibility index (Phi) is 7.34. The molecule has 6 heteroatoms. The molecule has 0 unspecified atom stereocenters. The van der Waals surface area contributed by atoms with E-state index >= 15 is 0 Å². The van der Waals surface area contributed by atoms with Crippen LogP contribution in [0.4, 0.5) is 0 Å². The van der Waals surface area contributed by atoms with Gasteiger partial charge in [0, 0.05) is 18.0 Å². The minimum Gasteiger partial charge on any atom is -0.497 e. The lowest BCUT2D eigenvalue weighted by atomic mass is 10.1. The molecule has 3 aromatic rings. The Morgan fingerprint density at radius 1 is 1.13 bits per heavy atom. The highest BCUT2D eigenvalue weighted by atomic mass is 16.5. The van der Waals surface area contributed by atoms with E-state index in [9.17, 15) is 4.79 Å². The van der Waals surface area contributed by atoms with E-state index in [4.69, 9.17) is 14.6 Å². The number of carbonyl (C=O) groups is 1. The Hall–Kier alpha value is -3.28. The second-order valence-corrected chi connectivity index (χ2v) is 7.78. The predicted octanol–water partition coefficient (Wildman–Crippen LogP) is 5.00. The molecule has 0 saturated carbocycles. The van der Waals surface area contributed by atoms with Gasteiger partial charge in [-0.25, -0.2) is 4.68 Å². The highest BCUT2D eigenvalue weighted by Gasteiger charge is 2.21. The van der Waals surface area contributed by atoms with Crippen LogP contribution in [0.5, 0.6) is 17.4 Å². The Labute approximate surface area is 184 Å². The number of aromatic nitrogens is 2. The Morgan fingerprint density at radius 3 is 2.45 bits per heavy atom. The van der Waals surface area contributed by atoms with Crippen molar-refractivity contribution < 1.29 is 14.3 Å². The summed E-state index contributed by atoms with van der Waals surface area (Å²) in [7, 11) is 1.64. The lowest BCUT2D eigenvalue weighted by molar-refractivity contribution is -0.121. The first kappa shape index (κ1) is 22.4. The van der Waals surface area contributed by atoms with Gasteiger partial charge in [-0.1, -0.05) is 25.1 Å². The molecule has 0 aliphatic rings. The molecule has 0 aliphatic heterocycles. The van der Waals surface area contributed by atoms with Gasteiger partial charge >= 0.3 is 0 Å². The van der Waals surface area contributed by atoms with Crippen LogP contribution in [-0.4, -0.2) is 28.8 Å². The van der Waals surface area contributed by atoms with Crippen LogP contribution in [-0.2, 0) is 17.6 Å². The van der Waals surface area contributed by atoms with Crippen molar-refractivity contribution in [3.05, 3.63) is 65.4 Å². The fourth-order valence-electron chi connectivity index (χ4n) is 3.42. The summed E-state index contributed by atoms with van der Waals surface area (Å²) in [6.45, 7) is 8.00. The largest absolute Gasteiger partial charge is 0.497 e. The fourth-order valence-corrected chi connectivity index (χ4v) is 3.42. The van der Waals surface area contributed by atoms with Gasteiger partial charge in [0.15, 0.2) is 0 Å². The van der Waals surface area contributed by atoms with Crippen molar-refractivity contribution in [1.82, 2.24) is 15.1 Å². The molecule has 0 spiro atoms. The summed E-state index contributed by atoms with van der Waals surface area (Å²) in [5.74, 6) is 2.22. The third-order valence-electron chi connectivity index (χ3n) is 5.02. The smallest absolute Gasteiger partial charge is 0.226 e. The number of hydrogen-bond donors (Lipinski definition) is 1. The maximum atomic E-state index is 12.3. The van der Waals surface area contributed by atoms with Gasteiger partial charge in [-0.3, -0.25) is 4.79 Å². The molecule has 164 valence electrons. The van der Waals surface area contributed by atoms with Gasteiger partial charge in [-0.2, -0.15) is 5.10 Å². The number of methoxy groups -OCH3 is 1. The van der Waals surface area contributed by atoms with Crippen LogP contribution in [0.3, 0.4) is 0 Å². The first-order valence-electron chi connectivity index (χ1n) is 10.7. The number of rotatable bonds is 9. The summed E-state index contributed by atoms with van der Waals surface area (Å²) in [5.41, 5.74) is 3.79. The van der Waals surface area contributed by atoms with Crippen LogP contribution in [0.15, 0.2) is 48.5 Å². The van der Waals surface area contributed by atoms with Crippen LogP contribution in [0.25, 0.3) is 5.69 Å². The number of carbonyl (C=O) groups excluding carboxylic acids is 1. The number of nitrogens with one attached hydrogen (secondary N) is 1. The van der Waals surface area contributed by atoms with Gasteiger partial charge < -0.3 is 14.8 Å². The van der Waals surface area contributed by atoms with Crippen LogP contribution in [0.1, 0.15) is 44.0 Å². The molecule has 0 fully saturated rings. The quantitative estimate of drug-likeness (QED) is 0.528. The van der Waals surface area contributed by atoms with Crippen molar-refractivity contribution in [2.75, 3.05) is 7.11 Å². The molecule has 1 N–H and O–H groups in total. The molecular weight excluding hydrogens is 390 g/mol. The van der Waals surface area contributed by atoms with E-state index in [2.05, 4.69) is 12.2 Å². The average molecular weight is 422 g/mol. The Bertz CT molecular complexity index is 1020. The number of aryl methyl sites for hydroxylation is 2. The molecule has 0 atom stereocenters. The van der Waals surface area contributed by atoms with Gasteiger partial charge in [-0.15, -0.1) is 0 Å². The average Bonchev–Trinajstić information content (AvgIpc) is 3.10. The Balaban J connectivity index is 2.03. The van der Waals surface area contributed by atoms with Crippen LogP contribution >= 0.6 is 0 Å². The topological polar surface area (TPSA) is 65.4 Å². The van der Waals surface area contributed by atoms with Gasteiger partial charge in [0.1, 0.15) is 11.5 Å². The first-order valence-corrected chi connectivity index (χ1v) is 10.7. The third-order valence-corrected chi connectivity index (χ3v) is 5.02. The summed E-state index contributed by atoms with van der Waals surface area (Å²) in [6, 6.07) is 15.7. The van der Waals surface area contributed by atoms with E-state index in [1.54, 1.807) is 7.11 Å². The van der Waals surface area contributed by atoms with Crippen molar-refractivity contribution in [3.8, 4) is 23.1 Å². The molecule has 1 amide bonds. The predicted molar refractivity (Wildman–Crippen MR) is 122 cm³/mol. The first-order chi connectivity index (χ1) is 14.9. The van der Waals surface area contributed by atoms with Crippen molar-refractivity contribution in [2.24, 2.45) is 0 Å². The molecule has 1 heterocycles. The van der Waals surface area contributed by atoms with Crippen molar-refractivity contribution in [1.29, 1.82) is 0 Å². The van der Waals surface area contributed by atoms with Gasteiger partial charge in [0.2, 0.25) is 11.8 Å². The summed E-state index contributed by atoms with van der Waals surface area (Å²) in [4.78, 5) is 12.3. The molecule has 0 radical (unpaired) electrons. The minimum absolute atomic E-state index is 0.0242. The number of para-hydroxylation sites is 1. The summed E-state index contributed by atoms with van der Waals surface area (Å²) < 4.78 is 13.5. The summed E-state index contributed by atoms with van der Waals surface area (Å²) in [6.07, 6.45) is 1.68. The van der Waals surface area contributed by atoms with Crippen molar-refractivity contribution in [2.45, 2.75) is 53.0 Å². The SMILES string of the molecule is CCc1nn(-c2ccc(OC)cc2)c(Oc2ccccc2C)c1CCC(=O)NC(C)C. The highest BCUT2D eigenvalue weighted by Crippen LogP contribution is 2.33. The number of ether oxygens (including phenoxy) is 2. The highest BCUT2D eigenvalue weighted by molar-refractivity contribution is 5.76. The Morgan fingerprint density at radius 2 is 1.84 bits per heavy atom. The second-order valence-electron chi connectivity index (χ2n) is 7.78. The maximum Gasteiger partial charge on any atom is 0.226 e. The monoisotopic (exact) mass is 421 g/mol. The zero-order chi connectivity index (χ0) is 22.4. The lowest BCUT2D eigenvalue weighted by Gasteiger charge is -2.14.